The van der Waals surface area contributed by atoms with Crippen molar-refractivity contribution in [3.8, 4) is 11.1 Å². The number of benzene rings is 2. The number of carbonyl (C=O) groups is 1. The molecule has 3 aromatic rings. The molecule has 0 bridgehead atoms. The number of nitrogens with zero attached hydrogens (tertiary/aromatic N) is 1. The molecule has 2 atom stereocenters. The Kier molecular flexibility index (Phi) is 8.69. The molecule has 1 aromatic heterocycles. The van der Waals surface area contributed by atoms with Crippen LogP contribution in [0, 0.1) is 6.92 Å². The van der Waals surface area contributed by atoms with E-state index in [-0.39, 0.29) is 29.3 Å². The molecule has 0 saturated heterocycles. The Balaban J connectivity index is 2.03. The lowest BCUT2D eigenvalue weighted by Crippen LogP contribution is -2.31. The van der Waals surface area contributed by atoms with Gasteiger partial charge >= 0.3 is 0 Å². The van der Waals surface area contributed by atoms with E-state index in [9.17, 15) is 22.6 Å². The van der Waals surface area contributed by atoms with Crippen molar-refractivity contribution in [2.75, 3.05) is 20.0 Å². The standard InChI is InChI=1S/C26H28F2N2O4S/c1-16(15-34-3)30-14-22(26(32)29-13-18-8-10-21(11-9-18)35(4)33)24(31)23(17(30)2)19-6-5-7-20(12-19)25(27)28/h5-12,14,16,25H,13,15H2,1-4H3,(H,29,32). The lowest BCUT2D eigenvalue weighted by molar-refractivity contribution is 0.0948. The molecular weight excluding hydrogens is 474 g/mol. The Bertz CT molecular complexity index is 1290. The molecule has 9 heteroatoms. The molecule has 0 aliphatic heterocycles. The Labute approximate surface area is 205 Å². The number of ether oxygens (including phenoxy) is 1. The molecule has 1 heterocycles. The van der Waals surface area contributed by atoms with Crippen molar-refractivity contribution in [1.29, 1.82) is 0 Å². The first-order valence-electron chi connectivity index (χ1n) is 11.0. The third-order valence-corrected chi connectivity index (χ3v) is 6.69. The topological polar surface area (TPSA) is 77.4 Å². The van der Waals surface area contributed by atoms with E-state index in [1.807, 2.05) is 6.92 Å². The first-order chi connectivity index (χ1) is 16.6. The molecule has 0 aliphatic carbocycles. The van der Waals surface area contributed by atoms with Gasteiger partial charge in [-0.1, -0.05) is 30.3 Å². The second-order valence-corrected chi connectivity index (χ2v) is 9.63. The van der Waals surface area contributed by atoms with Crippen LogP contribution in [0.1, 0.15) is 46.6 Å². The molecule has 1 amide bonds. The van der Waals surface area contributed by atoms with Crippen LogP contribution in [0.3, 0.4) is 0 Å². The van der Waals surface area contributed by atoms with Gasteiger partial charge in [0.2, 0.25) is 5.43 Å². The minimum atomic E-state index is -2.69. The van der Waals surface area contributed by atoms with Crippen LogP contribution >= 0.6 is 0 Å². The fourth-order valence-corrected chi connectivity index (χ4v) is 4.43. The first kappa shape index (κ1) is 26.4. The average Bonchev–Trinajstić information content (AvgIpc) is 2.83. The molecule has 0 radical (unpaired) electrons. The minimum Gasteiger partial charge on any atom is -0.383 e. The summed E-state index contributed by atoms with van der Waals surface area (Å²) in [4.78, 5) is 27.2. The maximum Gasteiger partial charge on any atom is 0.263 e. The van der Waals surface area contributed by atoms with Gasteiger partial charge in [0.05, 0.1) is 12.6 Å². The van der Waals surface area contributed by atoms with Gasteiger partial charge in [-0.25, -0.2) is 8.78 Å². The van der Waals surface area contributed by atoms with Crippen molar-refractivity contribution >= 4 is 16.7 Å². The zero-order chi connectivity index (χ0) is 25.7. The van der Waals surface area contributed by atoms with E-state index in [0.29, 0.717) is 22.8 Å². The summed E-state index contributed by atoms with van der Waals surface area (Å²) in [6.45, 7) is 4.08. The third kappa shape index (κ3) is 6.10. The summed E-state index contributed by atoms with van der Waals surface area (Å²) in [5, 5.41) is 2.75. The first-order valence-corrected chi connectivity index (χ1v) is 12.5. The summed E-state index contributed by atoms with van der Waals surface area (Å²) in [5.74, 6) is -0.581. The van der Waals surface area contributed by atoms with Crippen LogP contribution < -0.4 is 10.7 Å². The van der Waals surface area contributed by atoms with Crippen molar-refractivity contribution in [2.24, 2.45) is 0 Å². The number of rotatable bonds is 9. The number of hydrogen-bond donors (Lipinski definition) is 1. The Morgan fingerprint density at radius 3 is 2.46 bits per heavy atom. The maximum absolute atomic E-state index is 13.4. The summed E-state index contributed by atoms with van der Waals surface area (Å²) in [7, 11) is 0.442. The number of carbonyl (C=O) groups excluding carboxylic acids is 1. The number of nitrogens with one attached hydrogen (secondary N) is 1. The highest BCUT2D eigenvalue weighted by atomic mass is 32.2. The molecule has 0 fully saturated rings. The number of aromatic nitrogens is 1. The molecule has 1 N–H and O–H groups in total. The zero-order valence-electron chi connectivity index (χ0n) is 20.0. The lowest BCUT2D eigenvalue weighted by atomic mass is 9.98. The van der Waals surface area contributed by atoms with Crippen molar-refractivity contribution < 1.29 is 22.5 Å². The van der Waals surface area contributed by atoms with Gasteiger partial charge in [-0.05, 0) is 43.2 Å². The van der Waals surface area contributed by atoms with Gasteiger partial charge in [-0.2, -0.15) is 0 Å². The van der Waals surface area contributed by atoms with Gasteiger partial charge in [-0.3, -0.25) is 13.8 Å². The predicted molar refractivity (Wildman–Crippen MR) is 132 cm³/mol. The number of amides is 1. The lowest BCUT2D eigenvalue weighted by Gasteiger charge is -2.22. The molecule has 0 aliphatic rings. The van der Waals surface area contributed by atoms with Crippen LogP contribution in [-0.2, 0) is 22.1 Å². The van der Waals surface area contributed by atoms with Crippen LogP contribution in [-0.4, -0.2) is 34.7 Å². The van der Waals surface area contributed by atoms with Gasteiger partial charge < -0.3 is 14.6 Å². The monoisotopic (exact) mass is 502 g/mol. The van der Waals surface area contributed by atoms with E-state index < -0.39 is 28.6 Å². The van der Waals surface area contributed by atoms with Gasteiger partial charge in [-0.15, -0.1) is 0 Å². The molecule has 3 rings (SSSR count). The summed E-state index contributed by atoms with van der Waals surface area (Å²) >= 11 is 0. The van der Waals surface area contributed by atoms with Crippen LogP contribution in [0.25, 0.3) is 11.1 Å². The minimum absolute atomic E-state index is 0.0951. The van der Waals surface area contributed by atoms with Crippen LogP contribution in [0.2, 0.25) is 0 Å². The number of alkyl halides is 2. The molecule has 2 unspecified atom stereocenters. The highest BCUT2D eigenvalue weighted by Gasteiger charge is 2.22. The molecule has 0 spiro atoms. The molecule has 186 valence electrons. The number of methoxy groups -OCH3 is 1. The Morgan fingerprint density at radius 2 is 1.86 bits per heavy atom. The van der Waals surface area contributed by atoms with Crippen LogP contribution in [0.4, 0.5) is 8.78 Å². The number of pyridine rings is 1. The van der Waals surface area contributed by atoms with Gasteiger partial charge in [0.15, 0.2) is 0 Å². The molecule has 35 heavy (non-hydrogen) atoms. The van der Waals surface area contributed by atoms with Crippen molar-refractivity contribution in [3.05, 3.63) is 87.3 Å². The molecule has 6 nitrogen and oxygen atoms in total. The van der Waals surface area contributed by atoms with E-state index in [1.54, 1.807) is 55.2 Å². The third-order valence-electron chi connectivity index (χ3n) is 5.75. The van der Waals surface area contributed by atoms with Crippen molar-refractivity contribution in [3.63, 3.8) is 0 Å². The fraction of sp³-hybridized carbons (Fsp3) is 0.308. The van der Waals surface area contributed by atoms with Gasteiger partial charge in [0.25, 0.3) is 12.3 Å². The van der Waals surface area contributed by atoms with Gasteiger partial charge in [0, 0.05) is 58.6 Å². The quantitative estimate of drug-likeness (QED) is 0.463. The van der Waals surface area contributed by atoms with Crippen LogP contribution in [0.5, 0.6) is 0 Å². The summed E-state index contributed by atoms with van der Waals surface area (Å²) in [6, 6.07) is 12.4. The average molecular weight is 503 g/mol. The second kappa shape index (κ2) is 11.5. The molecular formula is C26H28F2N2O4S. The fourth-order valence-electron chi connectivity index (χ4n) is 3.91. The van der Waals surface area contributed by atoms with E-state index in [4.69, 9.17) is 4.74 Å². The summed E-state index contributed by atoms with van der Waals surface area (Å²) in [6.07, 6.45) is 0.381. The number of halogens is 2. The van der Waals surface area contributed by atoms with E-state index >= 15 is 0 Å². The molecule has 0 saturated carbocycles. The number of hydrogen-bond acceptors (Lipinski definition) is 4. The van der Waals surface area contributed by atoms with Crippen molar-refractivity contribution in [1.82, 2.24) is 9.88 Å². The van der Waals surface area contributed by atoms with E-state index in [0.717, 1.165) is 5.56 Å². The second-order valence-electron chi connectivity index (χ2n) is 8.25. The van der Waals surface area contributed by atoms with Gasteiger partial charge in [0.1, 0.15) is 5.56 Å². The summed E-state index contributed by atoms with van der Waals surface area (Å²) < 4.78 is 45.2. The zero-order valence-corrected chi connectivity index (χ0v) is 20.8. The Hall–Kier alpha value is -3.17. The highest BCUT2D eigenvalue weighted by Crippen LogP contribution is 2.27. The van der Waals surface area contributed by atoms with Crippen molar-refractivity contribution in [2.45, 2.75) is 37.8 Å². The normalized spacial score (nSPS) is 13.0. The predicted octanol–water partition coefficient (Wildman–Crippen LogP) is 4.64. The van der Waals surface area contributed by atoms with Crippen LogP contribution in [0.15, 0.2) is 64.4 Å². The largest absolute Gasteiger partial charge is 0.383 e. The van der Waals surface area contributed by atoms with E-state index in [2.05, 4.69) is 5.32 Å². The van der Waals surface area contributed by atoms with E-state index in [1.165, 1.54) is 24.4 Å². The Morgan fingerprint density at radius 1 is 1.17 bits per heavy atom. The summed E-state index contributed by atoms with van der Waals surface area (Å²) in [5.41, 5.74) is 0.998. The smallest absolute Gasteiger partial charge is 0.263 e. The molecule has 2 aromatic carbocycles. The highest BCUT2D eigenvalue weighted by molar-refractivity contribution is 7.84. The maximum atomic E-state index is 13.4. The SMILES string of the molecule is COCC(C)n1cc(C(=O)NCc2ccc(S(C)=O)cc2)c(=O)c(-c2cccc(C(F)F)c2)c1C.